The quantitative estimate of drug-likeness (QED) is 0.753. The maximum Gasteiger partial charge on any atom is 0.134 e. The van der Waals surface area contributed by atoms with Gasteiger partial charge >= 0.3 is 0 Å². The number of phenolic OH excluding ortho intramolecular Hbond substituents is 2. The summed E-state index contributed by atoms with van der Waals surface area (Å²) in [6.07, 6.45) is 3.82. The molecule has 0 amide bonds. The molecule has 1 aromatic carbocycles. The first kappa shape index (κ1) is 12.5. The van der Waals surface area contributed by atoms with Gasteiger partial charge in [0.15, 0.2) is 0 Å². The van der Waals surface area contributed by atoms with E-state index in [0.29, 0.717) is 12.8 Å². The molecule has 1 atom stereocenters. The predicted molar refractivity (Wildman–Crippen MR) is 72.4 cm³/mol. The molecule has 0 heterocycles. The number of hydrogen-bond acceptors (Lipinski definition) is 3. The van der Waals surface area contributed by atoms with Crippen molar-refractivity contribution in [2.75, 3.05) is 0 Å². The summed E-state index contributed by atoms with van der Waals surface area (Å²) in [4.78, 5) is 12.1. The van der Waals surface area contributed by atoms with Crippen LogP contribution in [-0.4, -0.2) is 16.0 Å². The Hall–Kier alpha value is -1.51. The smallest absolute Gasteiger partial charge is 0.134 e. The van der Waals surface area contributed by atoms with E-state index in [4.69, 9.17) is 0 Å². The molecule has 3 nitrogen and oxygen atoms in total. The van der Waals surface area contributed by atoms with E-state index in [-0.39, 0.29) is 28.1 Å². The number of hydrogen-bond donors (Lipinski definition) is 2. The highest BCUT2D eigenvalue weighted by atomic mass is 16.3. The standard InChI is InChI=1S/C16H20O3/c1-15(2)7-12(18)8-16(9-15)4-3-10-5-11(17)6-13(19)14(10)16/h5-6,17,19H,3-4,7-9H2,1-2H3/t16-/m1/s1. The first-order valence-corrected chi connectivity index (χ1v) is 6.88. The molecule has 1 spiro atoms. The summed E-state index contributed by atoms with van der Waals surface area (Å²) in [6.45, 7) is 4.25. The number of aromatic hydroxyl groups is 2. The highest BCUT2D eigenvalue weighted by Crippen LogP contribution is 2.55. The van der Waals surface area contributed by atoms with E-state index in [1.54, 1.807) is 6.07 Å². The third kappa shape index (κ3) is 1.92. The van der Waals surface area contributed by atoms with Gasteiger partial charge in [-0.05, 0) is 36.3 Å². The number of phenols is 2. The Morgan fingerprint density at radius 2 is 1.89 bits per heavy atom. The number of Topliss-reactive ketones (excluding diaryl/α,β-unsaturated/α-hetero) is 1. The van der Waals surface area contributed by atoms with Crippen LogP contribution in [0.4, 0.5) is 0 Å². The van der Waals surface area contributed by atoms with Gasteiger partial charge in [0.05, 0.1) is 0 Å². The summed E-state index contributed by atoms with van der Waals surface area (Å²) in [5.41, 5.74) is 1.68. The third-order valence-corrected chi connectivity index (χ3v) is 4.62. The average Bonchev–Trinajstić information content (AvgIpc) is 2.52. The van der Waals surface area contributed by atoms with Crippen LogP contribution in [0.5, 0.6) is 11.5 Å². The van der Waals surface area contributed by atoms with Gasteiger partial charge in [-0.3, -0.25) is 4.79 Å². The number of aryl methyl sites for hydroxylation is 1. The number of fused-ring (bicyclic) bond motifs is 2. The van der Waals surface area contributed by atoms with E-state index >= 15 is 0 Å². The van der Waals surface area contributed by atoms with Crippen LogP contribution in [0.3, 0.4) is 0 Å². The zero-order valence-electron chi connectivity index (χ0n) is 11.5. The summed E-state index contributed by atoms with van der Waals surface area (Å²) in [6, 6.07) is 3.13. The van der Waals surface area contributed by atoms with Crippen molar-refractivity contribution >= 4 is 5.78 Å². The average molecular weight is 260 g/mol. The lowest BCUT2D eigenvalue weighted by Gasteiger charge is -2.42. The number of carbonyl (C=O) groups is 1. The molecule has 0 unspecified atom stereocenters. The maximum absolute atomic E-state index is 12.1. The molecule has 0 bridgehead atoms. The fourth-order valence-corrected chi connectivity index (χ4v) is 4.35. The molecule has 0 radical (unpaired) electrons. The van der Waals surface area contributed by atoms with E-state index in [1.807, 2.05) is 0 Å². The van der Waals surface area contributed by atoms with Crippen LogP contribution < -0.4 is 0 Å². The van der Waals surface area contributed by atoms with Crippen molar-refractivity contribution in [1.29, 1.82) is 0 Å². The normalized spacial score (nSPS) is 28.6. The number of carbonyl (C=O) groups excluding carboxylic acids is 1. The second-order valence-corrected chi connectivity index (χ2v) is 7.01. The second kappa shape index (κ2) is 3.75. The fourth-order valence-electron chi connectivity index (χ4n) is 4.35. The van der Waals surface area contributed by atoms with Gasteiger partial charge in [-0.1, -0.05) is 13.8 Å². The summed E-state index contributed by atoms with van der Waals surface area (Å²) in [7, 11) is 0. The Morgan fingerprint density at radius 3 is 2.58 bits per heavy atom. The van der Waals surface area contributed by atoms with Gasteiger partial charge < -0.3 is 10.2 Å². The van der Waals surface area contributed by atoms with E-state index in [2.05, 4.69) is 13.8 Å². The monoisotopic (exact) mass is 260 g/mol. The van der Waals surface area contributed by atoms with Crippen molar-refractivity contribution in [3.8, 4) is 11.5 Å². The van der Waals surface area contributed by atoms with E-state index in [0.717, 1.165) is 30.4 Å². The highest BCUT2D eigenvalue weighted by Gasteiger charge is 2.49. The van der Waals surface area contributed by atoms with Crippen molar-refractivity contribution in [1.82, 2.24) is 0 Å². The van der Waals surface area contributed by atoms with Crippen LogP contribution in [-0.2, 0) is 16.6 Å². The minimum absolute atomic E-state index is 0.0126. The topological polar surface area (TPSA) is 57.5 Å². The predicted octanol–water partition coefficient (Wildman–Crippen LogP) is 3.06. The molecule has 3 heteroatoms. The highest BCUT2D eigenvalue weighted by molar-refractivity contribution is 5.82. The Labute approximate surface area is 113 Å². The van der Waals surface area contributed by atoms with Crippen LogP contribution in [0.2, 0.25) is 0 Å². The molecule has 0 saturated heterocycles. The second-order valence-electron chi connectivity index (χ2n) is 7.01. The summed E-state index contributed by atoms with van der Waals surface area (Å²) in [5.74, 6) is 0.546. The molecule has 19 heavy (non-hydrogen) atoms. The fraction of sp³-hybridized carbons (Fsp3) is 0.562. The summed E-state index contributed by atoms with van der Waals surface area (Å²) >= 11 is 0. The molecule has 1 saturated carbocycles. The van der Waals surface area contributed by atoms with Crippen LogP contribution in [0.25, 0.3) is 0 Å². The van der Waals surface area contributed by atoms with Gasteiger partial charge in [-0.15, -0.1) is 0 Å². The van der Waals surface area contributed by atoms with Gasteiger partial charge in [0.1, 0.15) is 17.3 Å². The summed E-state index contributed by atoms with van der Waals surface area (Å²) in [5, 5.41) is 19.8. The Bertz CT molecular complexity index is 559. The van der Waals surface area contributed by atoms with Crippen LogP contribution in [0, 0.1) is 5.41 Å². The molecule has 0 aliphatic heterocycles. The lowest BCUT2D eigenvalue weighted by Crippen LogP contribution is -2.39. The van der Waals surface area contributed by atoms with Crippen LogP contribution in [0.1, 0.15) is 50.7 Å². The Balaban J connectivity index is 2.12. The summed E-state index contributed by atoms with van der Waals surface area (Å²) < 4.78 is 0. The molecule has 2 N–H and O–H groups in total. The molecule has 1 aromatic rings. The zero-order chi connectivity index (χ0) is 13.8. The first-order valence-electron chi connectivity index (χ1n) is 6.88. The molecular weight excluding hydrogens is 240 g/mol. The molecule has 0 aromatic heterocycles. The minimum atomic E-state index is -0.216. The van der Waals surface area contributed by atoms with Gasteiger partial charge in [-0.2, -0.15) is 0 Å². The molecular formula is C16H20O3. The maximum atomic E-state index is 12.1. The van der Waals surface area contributed by atoms with Gasteiger partial charge in [-0.25, -0.2) is 0 Å². The van der Waals surface area contributed by atoms with E-state index in [9.17, 15) is 15.0 Å². The number of ketones is 1. The third-order valence-electron chi connectivity index (χ3n) is 4.62. The van der Waals surface area contributed by atoms with Crippen molar-refractivity contribution in [3.05, 3.63) is 23.3 Å². The minimum Gasteiger partial charge on any atom is -0.508 e. The zero-order valence-corrected chi connectivity index (χ0v) is 11.5. The van der Waals surface area contributed by atoms with Crippen LogP contribution >= 0.6 is 0 Å². The molecule has 2 aliphatic carbocycles. The Kier molecular flexibility index (Phi) is 2.47. The SMILES string of the molecule is CC1(C)CC(=O)C[C@]2(CCc3cc(O)cc(O)c32)C1. The van der Waals surface area contributed by atoms with Crippen LogP contribution in [0.15, 0.2) is 12.1 Å². The van der Waals surface area contributed by atoms with E-state index < -0.39 is 0 Å². The number of benzene rings is 1. The van der Waals surface area contributed by atoms with E-state index in [1.165, 1.54) is 6.07 Å². The lowest BCUT2D eigenvalue weighted by atomic mass is 9.60. The molecule has 1 fully saturated rings. The van der Waals surface area contributed by atoms with Gasteiger partial charge in [0.2, 0.25) is 0 Å². The number of rotatable bonds is 0. The van der Waals surface area contributed by atoms with Gasteiger partial charge in [0.25, 0.3) is 0 Å². The van der Waals surface area contributed by atoms with Crippen molar-refractivity contribution in [3.63, 3.8) is 0 Å². The molecule has 3 rings (SSSR count). The molecule has 102 valence electrons. The van der Waals surface area contributed by atoms with Gasteiger partial charge in [0, 0.05) is 29.9 Å². The van der Waals surface area contributed by atoms with Crippen molar-refractivity contribution < 1.29 is 15.0 Å². The lowest BCUT2D eigenvalue weighted by molar-refractivity contribution is -0.125. The Morgan fingerprint density at radius 1 is 1.16 bits per heavy atom. The first-order chi connectivity index (χ1) is 8.81. The largest absolute Gasteiger partial charge is 0.508 e. The van der Waals surface area contributed by atoms with Crippen molar-refractivity contribution in [2.45, 2.75) is 51.4 Å². The molecule has 2 aliphatic rings. The van der Waals surface area contributed by atoms with Crippen molar-refractivity contribution in [2.24, 2.45) is 5.41 Å².